The van der Waals surface area contributed by atoms with Crippen molar-refractivity contribution in [3.8, 4) is 28.6 Å². The van der Waals surface area contributed by atoms with Crippen LogP contribution in [0.15, 0.2) is 113 Å². The van der Waals surface area contributed by atoms with Crippen LogP contribution < -0.4 is 21.3 Å². The first-order valence-corrected chi connectivity index (χ1v) is 14.8. The average molecular weight is 650 g/mol. The zero-order valence-electron chi connectivity index (χ0n) is 24.7. The number of carbonyl (C=O) groups excluding carboxylic acids is 1. The number of allylic oxidation sites excluding steroid dienone is 3. The van der Waals surface area contributed by atoms with E-state index in [0.29, 0.717) is 46.1 Å². The van der Waals surface area contributed by atoms with Crippen LogP contribution >= 0.6 is 11.6 Å². The van der Waals surface area contributed by atoms with E-state index in [1.807, 2.05) is 31.5 Å². The summed E-state index contributed by atoms with van der Waals surface area (Å²) in [5.41, 5.74) is 8.81. The highest BCUT2D eigenvalue weighted by Crippen LogP contribution is 2.44. The Morgan fingerprint density at radius 1 is 1.17 bits per heavy atom. The Morgan fingerprint density at radius 3 is 2.74 bits per heavy atom. The van der Waals surface area contributed by atoms with Crippen LogP contribution in [-0.2, 0) is 7.05 Å². The summed E-state index contributed by atoms with van der Waals surface area (Å²) in [6.07, 6.45) is 12.9. The number of nitrogens with zero attached hydrogens (tertiary/aromatic N) is 5. The Kier molecular flexibility index (Phi) is 7.62. The summed E-state index contributed by atoms with van der Waals surface area (Å²) < 4.78 is 29.1. The number of nitrogens with two attached hydrogens (primary N) is 1. The van der Waals surface area contributed by atoms with Gasteiger partial charge < -0.3 is 20.2 Å². The van der Waals surface area contributed by atoms with E-state index < -0.39 is 17.3 Å². The Morgan fingerprint density at radius 2 is 2.00 bits per heavy atom. The predicted octanol–water partition coefficient (Wildman–Crippen LogP) is 6.50. The SMILES string of the molecule is Cn1cc(-c2oc3ncnc(Oc4ccc(NC(=O)c5cccn(-c6ccc(F)c(Cl)c6)c5=O)cc4)c3c2C2C=C(N)C=CC2)cn1. The van der Waals surface area contributed by atoms with Gasteiger partial charge in [0.05, 0.1) is 22.5 Å². The highest BCUT2D eigenvalue weighted by Gasteiger charge is 2.28. The third-order valence-corrected chi connectivity index (χ3v) is 7.91. The van der Waals surface area contributed by atoms with Crippen LogP contribution in [-0.4, -0.2) is 30.2 Å². The molecule has 4 aromatic heterocycles. The largest absolute Gasteiger partial charge is 0.438 e. The molecule has 0 spiro atoms. The van der Waals surface area contributed by atoms with Gasteiger partial charge in [-0.05, 0) is 67.1 Å². The molecule has 0 saturated heterocycles. The standard InChI is InChI=1S/C34H25ClFN7O4/c1-42-17-20(16-40-42)30-28(19-4-2-5-21(37)14-19)29-32(38-18-39-33(29)47-30)46-24-10-7-22(8-11-24)41-31(44)25-6-3-13-43(34(25)45)23-9-12-27(36)26(35)15-23/h2-3,5-19H,4,37H2,1H3,(H,41,44). The molecule has 0 saturated carbocycles. The molecule has 1 atom stereocenters. The van der Waals surface area contributed by atoms with Gasteiger partial charge in [0.2, 0.25) is 11.6 Å². The zero-order valence-corrected chi connectivity index (χ0v) is 25.5. The molecule has 2 aromatic carbocycles. The van der Waals surface area contributed by atoms with E-state index in [1.165, 1.54) is 35.3 Å². The number of pyridine rings is 1. The minimum absolute atomic E-state index is 0.110. The molecular weight excluding hydrogens is 625 g/mol. The molecule has 11 nitrogen and oxygen atoms in total. The first kappa shape index (κ1) is 29.7. The maximum absolute atomic E-state index is 13.6. The fourth-order valence-corrected chi connectivity index (χ4v) is 5.62. The number of benzene rings is 2. The van der Waals surface area contributed by atoms with Crippen molar-refractivity contribution >= 4 is 34.3 Å². The van der Waals surface area contributed by atoms with Crippen LogP contribution in [0.25, 0.3) is 28.1 Å². The number of aryl methyl sites for hydroxylation is 1. The van der Waals surface area contributed by atoms with E-state index in [0.717, 1.165) is 17.2 Å². The van der Waals surface area contributed by atoms with E-state index in [9.17, 15) is 14.0 Å². The fourth-order valence-electron chi connectivity index (χ4n) is 5.44. The summed E-state index contributed by atoms with van der Waals surface area (Å²) >= 11 is 5.89. The number of aromatic nitrogens is 5. The molecule has 0 radical (unpaired) electrons. The van der Waals surface area contributed by atoms with Gasteiger partial charge in [-0.1, -0.05) is 23.8 Å². The third kappa shape index (κ3) is 5.77. The number of hydrogen-bond donors (Lipinski definition) is 2. The van der Waals surface area contributed by atoms with Crippen LogP contribution in [0.2, 0.25) is 5.02 Å². The molecule has 4 heterocycles. The van der Waals surface area contributed by atoms with Crippen molar-refractivity contribution in [2.24, 2.45) is 12.8 Å². The molecule has 3 N–H and O–H groups in total. The maximum atomic E-state index is 13.6. The smallest absolute Gasteiger partial charge is 0.267 e. The summed E-state index contributed by atoms with van der Waals surface area (Å²) in [5.74, 6) is -0.0330. The molecule has 1 amide bonds. The average Bonchev–Trinajstić information content (AvgIpc) is 3.67. The number of carbonyl (C=O) groups is 1. The molecule has 13 heteroatoms. The topological polar surface area (TPSA) is 143 Å². The lowest BCUT2D eigenvalue weighted by Crippen LogP contribution is -2.27. The number of furan rings is 1. The highest BCUT2D eigenvalue weighted by atomic mass is 35.5. The van der Waals surface area contributed by atoms with Gasteiger partial charge in [0, 0.05) is 42.3 Å². The number of fused-ring (bicyclic) bond motifs is 1. The van der Waals surface area contributed by atoms with Crippen molar-refractivity contribution in [3.05, 3.63) is 136 Å². The molecule has 0 aliphatic heterocycles. The van der Waals surface area contributed by atoms with Gasteiger partial charge in [0.15, 0.2) is 0 Å². The van der Waals surface area contributed by atoms with Crippen LogP contribution in [0, 0.1) is 5.82 Å². The molecule has 0 fully saturated rings. The van der Waals surface area contributed by atoms with Crippen molar-refractivity contribution in [2.45, 2.75) is 12.3 Å². The highest BCUT2D eigenvalue weighted by molar-refractivity contribution is 6.30. The lowest BCUT2D eigenvalue weighted by Gasteiger charge is -2.16. The summed E-state index contributed by atoms with van der Waals surface area (Å²) in [4.78, 5) is 35.0. The number of halogens is 2. The third-order valence-electron chi connectivity index (χ3n) is 7.62. The predicted molar refractivity (Wildman–Crippen MR) is 174 cm³/mol. The van der Waals surface area contributed by atoms with Crippen molar-refractivity contribution in [1.82, 2.24) is 24.3 Å². The van der Waals surface area contributed by atoms with Crippen molar-refractivity contribution in [3.63, 3.8) is 0 Å². The van der Waals surface area contributed by atoms with E-state index in [-0.39, 0.29) is 22.4 Å². The Labute approximate surface area is 271 Å². The molecule has 0 bridgehead atoms. The Bertz CT molecular complexity index is 2290. The van der Waals surface area contributed by atoms with Gasteiger partial charge in [-0.2, -0.15) is 5.10 Å². The van der Waals surface area contributed by atoms with Crippen LogP contribution in [0.3, 0.4) is 0 Å². The Balaban J connectivity index is 1.16. The zero-order chi connectivity index (χ0) is 32.7. The minimum atomic E-state index is -0.622. The number of anilines is 1. The van der Waals surface area contributed by atoms with Crippen molar-refractivity contribution in [1.29, 1.82) is 0 Å². The summed E-state index contributed by atoms with van der Waals surface area (Å²) in [6.45, 7) is 0. The normalized spacial score (nSPS) is 14.3. The van der Waals surface area contributed by atoms with Crippen molar-refractivity contribution in [2.75, 3.05) is 5.32 Å². The first-order chi connectivity index (χ1) is 22.7. The van der Waals surface area contributed by atoms with Crippen LogP contribution in [0.4, 0.5) is 10.1 Å². The van der Waals surface area contributed by atoms with E-state index >= 15 is 0 Å². The number of rotatable bonds is 7. The molecule has 234 valence electrons. The number of ether oxygens (including phenoxy) is 1. The van der Waals surface area contributed by atoms with E-state index in [4.69, 9.17) is 26.5 Å². The number of nitrogens with one attached hydrogen (secondary N) is 1. The molecule has 1 aliphatic rings. The van der Waals surface area contributed by atoms with Crippen molar-refractivity contribution < 1.29 is 18.3 Å². The molecule has 1 aliphatic carbocycles. The number of hydrogen-bond acceptors (Lipinski definition) is 8. The molecule has 47 heavy (non-hydrogen) atoms. The molecule has 1 unspecified atom stereocenters. The van der Waals surface area contributed by atoms with Crippen LogP contribution in [0.1, 0.15) is 28.3 Å². The molecular formula is C34H25ClFN7O4. The monoisotopic (exact) mass is 649 g/mol. The fraction of sp³-hybridized carbons (Fsp3) is 0.0882. The van der Waals surface area contributed by atoms with Gasteiger partial charge in [0.25, 0.3) is 11.5 Å². The second kappa shape index (κ2) is 12.1. The maximum Gasteiger partial charge on any atom is 0.267 e. The van der Waals surface area contributed by atoms with E-state index in [1.54, 1.807) is 41.2 Å². The Hall–Kier alpha value is -6.01. The summed E-state index contributed by atoms with van der Waals surface area (Å²) in [5, 5.41) is 7.50. The van der Waals surface area contributed by atoms with Gasteiger partial charge >= 0.3 is 0 Å². The van der Waals surface area contributed by atoms with Gasteiger partial charge in [-0.15, -0.1) is 0 Å². The number of amides is 1. The van der Waals surface area contributed by atoms with Gasteiger partial charge in [0.1, 0.15) is 34.6 Å². The molecule has 7 rings (SSSR count). The minimum Gasteiger partial charge on any atom is -0.438 e. The van der Waals surface area contributed by atoms with Crippen LogP contribution in [0.5, 0.6) is 11.6 Å². The van der Waals surface area contributed by atoms with Gasteiger partial charge in [-0.25, -0.2) is 14.4 Å². The lowest BCUT2D eigenvalue weighted by molar-refractivity contribution is 0.102. The second-order valence-electron chi connectivity index (χ2n) is 10.8. The summed E-state index contributed by atoms with van der Waals surface area (Å²) in [6, 6.07) is 13.4. The van der Waals surface area contributed by atoms with E-state index in [2.05, 4.69) is 20.4 Å². The lowest BCUT2D eigenvalue weighted by atomic mass is 9.89. The summed E-state index contributed by atoms with van der Waals surface area (Å²) in [7, 11) is 1.83. The quantitative estimate of drug-likeness (QED) is 0.200. The first-order valence-electron chi connectivity index (χ1n) is 14.4. The van der Waals surface area contributed by atoms with Gasteiger partial charge in [-0.3, -0.25) is 18.8 Å². The molecule has 6 aromatic rings. The second-order valence-corrected chi connectivity index (χ2v) is 11.2.